The van der Waals surface area contributed by atoms with Crippen LogP contribution in [0.15, 0.2) is 29.1 Å². The zero-order chi connectivity index (χ0) is 40.2. The number of aromatic hydroxyl groups is 1. The number of cyclic esters (lactones) is 1. The Balaban J connectivity index is 0.936. The molecular weight excluding hydrogens is 738 g/mol. The third-order valence-electron chi connectivity index (χ3n) is 13.4. The van der Waals surface area contributed by atoms with Crippen LogP contribution in [0.5, 0.6) is 5.75 Å². The second-order valence-electron chi connectivity index (χ2n) is 17.2. The number of phenols is 1. The molecule has 0 radical (unpaired) electrons. The number of esters is 3. The lowest BCUT2D eigenvalue weighted by molar-refractivity contribution is -0.576. The number of ether oxygens (including phenoxy) is 5. The fourth-order valence-electron chi connectivity index (χ4n) is 10.4. The van der Waals surface area contributed by atoms with E-state index >= 15 is 0 Å². The van der Waals surface area contributed by atoms with Gasteiger partial charge in [-0.05, 0) is 82.8 Å². The van der Waals surface area contributed by atoms with Crippen molar-refractivity contribution in [1.29, 1.82) is 0 Å². The van der Waals surface area contributed by atoms with Gasteiger partial charge < -0.3 is 38.3 Å². The fraction of sp³-hybridized carbons (Fsp3) is 0.595. The molecule has 1 aromatic carbocycles. The number of nitrogens with zero attached hydrogens (tertiary/aromatic N) is 3. The van der Waals surface area contributed by atoms with E-state index in [1.165, 1.54) is 0 Å². The average molecular weight is 788 g/mol. The van der Waals surface area contributed by atoms with Gasteiger partial charge in [-0.15, -0.1) is 0 Å². The minimum atomic E-state index is -1.92. The third-order valence-corrected chi connectivity index (χ3v) is 13.4. The van der Waals surface area contributed by atoms with Crippen molar-refractivity contribution in [3.8, 4) is 17.1 Å². The highest BCUT2D eigenvalue weighted by Crippen LogP contribution is 2.60. The van der Waals surface area contributed by atoms with Crippen LogP contribution in [0.2, 0.25) is 0 Å². The Hall–Kier alpha value is -4.41. The number of carbonyl (C=O) groups is 3. The van der Waals surface area contributed by atoms with E-state index in [0.717, 1.165) is 35.8 Å². The monoisotopic (exact) mass is 787 g/mol. The van der Waals surface area contributed by atoms with Gasteiger partial charge in [0.2, 0.25) is 17.7 Å². The first-order valence-electron chi connectivity index (χ1n) is 20.0. The van der Waals surface area contributed by atoms with Crippen LogP contribution in [0.4, 0.5) is 0 Å². The number of hydrogen-bond acceptors (Lipinski definition) is 14. The van der Waals surface area contributed by atoms with Gasteiger partial charge in [0.25, 0.3) is 5.56 Å². The number of fused-ring (bicyclic) bond motifs is 7. The molecule has 15 nitrogen and oxygen atoms in total. The summed E-state index contributed by atoms with van der Waals surface area (Å²) in [7, 11) is 3.82. The number of carbonyl (C=O) groups excluding carboxylic acids is 3. The summed E-state index contributed by atoms with van der Waals surface area (Å²) in [6.07, 6.45) is 0.846. The van der Waals surface area contributed by atoms with Gasteiger partial charge in [-0.3, -0.25) is 14.4 Å². The molecule has 9 atom stereocenters. The van der Waals surface area contributed by atoms with Crippen LogP contribution >= 0.6 is 0 Å². The molecule has 57 heavy (non-hydrogen) atoms. The number of rotatable bonds is 8. The van der Waals surface area contributed by atoms with Gasteiger partial charge >= 0.3 is 17.9 Å². The van der Waals surface area contributed by atoms with Crippen molar-refractivity contribution in [3.63, 3.8) is 0 Å². The summed E-state index contributed by atoms with van der Waals surface area (Å²) in [5.41, 5.74) is 0.480. The number of hydrogen-bond donors (Lipinski definition) is 1. The van der Waals surface area contributed by atoms with E-state index < -0.39 is 53.9 Å². The normalized spacial score (nSPS) is 33.5. The second-order valence-corrected chi connectivity index (χ2v) is 17.2. The molecule has 0 unspecified atom stereocenters. The molecule has 3 aromatic rings. The quantitative estimate of drug-likeness (QED) is 0.145. The van der Waals surface area contributed by atoms with E-state index in [1.807, 2.05) is 38.9 Å². The molecule has 5 fully saturated rings. The second kappa shape index (κ2) is 13.6. The van der Waals surface area contributed by atoms with Crippen LogP contribution in [0.25, 0.3) is 22.3 Å². The van der Waals surface area contributed by atoms with Gasteiger partial charge in [-0.1, -0.05) is 20.8 Å². The Morgan fingerprint density at radius 2 is 1.84 bits per heavy atom. The maximum absolute atomic E-state index is 14.1. The van der Waals surface area contributed by atoms with Gasteiger partial charge in [0.05, 0.1) is 41.9 Å². The highest BCUT2D eigenvalue weighted by atomic mass is 17.3. The molecule has 8 heterocycles. The van der Waals surface area contributed by atoms with E-state index in [1.54, 1.807) is 29.7 Å². The fourth-order valence-corrected chi connectivity index (χ4v) is 10.4. The Kier molecular flexibility index (Phi) is 9.09. The number of benzene rings is 1. The maximum atomic E-state index is 14.1. The first-order chi connectivity index (χ1) is 27.2. The van der Waals surface area contributed by atoms with Crippen molar-refractivity contribution in [1.82, 2.24) is 14.5 Å². The van der Waals surface area contributed by atoms with Crippen molar-refractivity contribution < 1.29 is 52.9 Å². The van der Waals surface area contributed by atoms with E-state index in [2.05, 4.69) is 6.92 Å². The summed E-state index contributed by atoms with van der Waals surface area (Å²) < 4.78 is 31.6. The molecular formula is C42H49N3O12. The lowest BCUT2D eigenvalue weighted by atomic mass is 9.58. The van der Waals surface area contributed by atoms with Crippen molar-refractivity contribution in [2.45, 2.75) is 122 Å². The van der Waals surface area contributed by atoms with Gasteiger partial charge in [-0.2, -0.15) is 0 Å². The van der Waals surface area contributed by atoms with E-state index in [0.29, 0.717) is 35.8 Å². The van der Waals surface area contributed by atoms with Crippen LogP contribution in [0.3, 0.4) is 0 Å². The topological polar surface area (TPSA) is 174 Å². The molecule has 7 aliphatic rings. The molecule has 15 heteroatoms. The lowest BCUT2D eigenvalue weighted by Crippen LogP contribution is -2.70. The first kappa shape index (κ1) is 38.1. The predicted molar refractivity (Wildman–Crippen MR) is 200 cm³/mol. The summed E-state index contributed by atoms with van der Waals surface area (Å²) in [5.74, 6) is -2.90. The summed E-state index contributed by atoms with van der Waals surface area (Å²) in [6.45, 7) is 8.11. The van der Waals surface area contributed by atoms with Crippen LogP contribution in [-0.4, -0.2) is 75.5 Å². The average Bonchev–Trinajstić information content (AvgIpc) is 3.37. The van der Waals surface area contributed by atoms with Crippen molar-refractivity contribution in [2.24, 2.45) is 23.7 Å². The van der Waals surface area contributed by atoms with Gasteiger partial charge in [0, 0.05) is 46.9 Å². The SMILES string of the molecule is CC[C@@]1(OC(=O)CCC(=O)O[C@@H]2O[C@@H]3O[C@@]4(C)CC[C@H]5[C@H](C)CC[C@@H]([C@H]2C)[C@@]35OO4)C(=O)OCc2c1cc1n(c2=O)Cc2cc3c(CN(C)C)c(O)ccc3nc2-1. The van der Waals surface area contributed by atoms with Crippen LogP contribution in [0, 0.1) is 23.7 Å². The summed E-state index contributed by atoms with van der Waals surface area (Å²) in [4.78, 5) is 73.5. The zero-order valence-electron chi connectivity index (χ0n) is 33.1. The summed E-state index contributed by atoms with van der Waals surface area (Å²) >= 11 is 0. The molecule has 0 amide bonds. The Morgan fingerprint density at radius 1 is 1.05 bits per heavy atom. The van der Waals surface area contributed by atoms with E-state index in [4.69, 9.17) is 38.4 Å². The molecule has 1 N–H and O–H groups in total. The molecule has 2 bridgehead atoms. The van der Waals surface area contributed by atoms with Gasteiger partial charge in [0.15, 0.2) is 11.9 Å². The Labute approximate surface area is 329 Å². The smallest absolute Gasteiger partial charge is 0.355 e. The van der Waals surface area contributed by atoms with Crippen molar-refractivity contribution >= 4 is 28.8 Å². The van der Waals surface area contributed by atoms with Crippen LogP contribution < -0.4 is 5.56 Å². The number of pyridine rings is 2. The minimum absolute atomic E-state index is 0.0225. The standard InChI is InChI=1S/C42H49N3O12/c1-7-41(54-34(48)13-12-33(47)52-37-22(3)28-9-8-21(2)27-14-15-40(4)55-39(53-37)42(27,28)57-56-40)29-17-31-35-23(18-45(31)36(49)26(29)20-51-38(41)50)16-24-25(19-44(5)6)32(46)11-10-30(24)43-35/h10-11,16-17,21-22,27-28,37,39,46H,7-9,12-15,18-20H2,1-6H3/t21-,22-,27+,28+,37-,39-,40-,41+,42-/m1/s1. The van der Waals surface area contributed by atoms with E-state index in [9.17, 15) is 24.3 Å². The highest BCUT2D eigenvalue weighted by molar-refractivity contribution is 5.90. The maximum Gasteiger partial charge on any atom is 0.355 e. The molecule has 2 aromatic heterocycles. The molecule has 6 aliphatic heterocycles. The molecule has 1 aliphatic carbocycles. The Bertz CT molecular complexity index is 2260. The third kappa shape index (κ3) is 5.82. The summed E-state index contributed by atoms with van der Waals surface area (Å²) in [6, 6.07) is 6.96. The van der Waals surface area contributed by atoms with Crippen LogP contribution in [0.1, 0.15) is 94.9 Å². The molecule has 10 rings (SSSR count). The van der Waals surface area contributed by atoms with Gasteiger partial charge in [-0.25, -0.2) is 19.6 Å². The Morgan fingerprint density at radius 3 is 2.61 bits per heavy atom. The molecule has 1 saturated carbocycles. The zero-order valence-corrected chi connectivity index (χ0v) is 33.1. The molecule has 1 spiro atoms. The highest BCUT2D eigenvalue weighted by Gasteiger charge is 2.70. The number of aromatic nitrogens is 2. The van der Waals surface area contributed by atoms with Crippen molar-refractivity contribution in [2.75, 3.05) is 14.1 Å². The first-order valence-corrected chi connectivity index (χ1v) is 20.0. The predicted octanol–water partition coefficient (Wildman–Crippen LogP) is 4.93. The number of phenolic OH excluding ortho intramolecular Hbond substituents is 1. The summed E-state index contributed by atoms with van der Waals surface area (Å²) in [5, 5.41) is 11.4. The van der Waals surface area contributed by atoms with Crippen LogP contribution in [-0.2, 0) is 73.1 Å². The van der Waals surface area contributed by atoms with Gasteiger partial charge in [0.1, 0.15) is 12.4 Å². The van der Waals surface area contributed by atoms with Crippen molar-refractivity contribution in [3.05, 3.63) is 56.9 Å². The van der Waals surface area contributed by atoms with E-state index in [-0.39, 0.29) is 66.2 Å². The minimum Gasteiger partial charge on any atom is -0.508 e. The molecule has 304 valence electrons. The lowest BCUT2D eigenvalue weighted by Gasteiger charge is -2.59. The largest absolute Gasteiger partial charge is 0.508 e. The molecule has 4 saturated heterocycles.